The molecule has 0 bridgehead atoms. The Balaban J connectivity index is 2.37. The van der Waals surface area contributed by atoms with Crippen molar-refractivity contribution in [1.29, 1.82) is 0 Å². The number of carbonyl (C=O) groups excluding carboxylic acids is 3. The summed E-state index contributed by atoms with van der Waals surface area (Å²) in [5.74, 6) is -0.987. The Morgan fingerprint density at radius 2 is 1.56 bits per heavy atom. The van der Waals surface area contributed by atoms with Crippen LogP contribution in [0, 0.1) is 0 Å². The maximum absolute atomic E-state index is 12.1. The van der Waals surface area contributed by atoms with E-state index in [0.717, 1.165) is 4.90 Å². The van der Waals surface area contributed by atoms with Gasteiger partial charge in [0.05, 0.1) is 22.0 Å². The molecule has 18 heavy (non-hydrogen) atoms. The lowest BCUT2D eigenvalue weighted by molar-refractivity contribution is -0.121. The molecule has 2 amide bonds. The topological polar surface area (TPSA) is 54.5 Å². The Hall–Kier alpha value is -1.49. The molecule has 2 atom stereocenters. The normalized spacial score (nSPS) is 17.6. The largest absolute Gasteiger partial charge is 0.296 e. The first-order chi connectivity index (χ1) is 8.45. The highest BCUT2D eigenvalue weighted by atomic mass is 79.9. The van der Waals surface area contributed by atoms with Crippen molar-refractivity contribution in [2.75, 3.05) is 0 Å². The van der Waals surface area contributed by atoms with Gasteiger partial charge in [0.1, 0.15) is 0 Å². The molecule has 1 aliphatic rings. The van der Waals surface area contributed by atoms with Gasteiger partial charge in [-0.2, -0.15) is 0 Å². The van der Waals surface area contributed by atoms with Crippen LogP contribution >= 0.6 is 15.9 Å². The summed E-state index contributed by atoms with van der Waals surface area (Å²) in [5, 5.41) is 0. The van der Waals surface area contributed by atoms with Crippen LogP contribution in [0.1, 0.15) is 34.6 Å². The smallest absolute Gasteiger partial charge is 0.262 e. The van der Waals surface area contributed by atoms with Crippen LogP contribution in [-0.2, 0) is 4.79 Å². The maximum Gasteiger partial charge on any atom is 0.262 e. The average Bonchev–Trinajstić information content (AvgIpc) is 2.61. The Morgan fingerprint density at radius 1 is 1.11 bits per heavy atom. The lowest BCUT2D eigenvalue weighted by Gasteiger charge is -2.22. The molecular weight excluding hydrogens is 298 g/mol. The minimum absolute atomic E-state index is 0.190. The molecule has 0 saturated heterocycles. The third-order valence-corrected chi connectivity index (χ3v) is 3.47. The van der Waals surface area contributed by atoms with Crippen LogP contribution in [0.3, 0.4) is 0 Å². The van der Waals surface area contributed by atoms with E-state index in [1.54, 1.807) is 38.1 Å². The number of imide groups is 1. The van der Waals surface area contributed by atoms with E-state index in [2.05, 4.69) is 15.9 Å². The van der Waals surface area contributed by atoms with Crippen LogP contribution in [0.5, 0.6) is 0 Å². The van der Waals surface area contributed by atoms with Crippen LogP contribution in [0.2, 0.25) is 0 Å². The van der Waals surface area contributed by atoms with Crippen molar-refractivity contribution >= 4 is 33.5 Å². The molecule has 0 radical (unpaired) electrons. The number of halogens is 1. The summed E-state index contributed by atoms with van der Waals surface area (Å²) < 4.78 is 0. The van der Waals surface area contributed by atoms with Gasteiger partial charge < -0.3 is 0 Å². The summed E-state index contributed by atoms with van der Waals surface area (Å²) in [6.45, 7) is 3.25. The monoisotopic (exact) mass is 309 g/mol. The zero-order valence-corrected chi connectivity index (χ0v) is 11.6. The predicted molar refractivity (Wildman–Crippen MR) is 69.8 cm³/mol. The summed E-state index contributed by atoms with van der Waals surface area (Å²) in [7, 11) is 0. The minimum Gasteiger partial charge on any atom is -0.296 e. The molecular formula is C13H12BrNO3. The van der Waals surface area contributed by atoms with Crippen molar-refractivity contribution in [2.45, 2.75) is 24.7 Å². The van der Waals surface area contributed by atoms with Gasteiger partial charge in [0.25, 0.3) is 11.8 Å². The van der Waals surface area contributed by atoms with Crippen LogP contribution < -0.4 is 0 Å². The van der Waals surface area contributed by atoms with Crippen LogP contribution in [0.15, 0.2) is 24.3 Å². The molecule has 0 fully saturated rings. The Morgan fingerprint density at radius 3 is 1.94 bits per heavy atom. The van der Waals surface area contributed by atoms with E-state index in [1.165, 1.54) is 0 Å². The summed E-state index contributed by atoms with van der Waals surface area (Å²) >= 11 is 3.16. The zero-order valence-electron chi connectivity index (χ0n) is 10.0. The highest BCUT2D eigenvalue weighted by molar-refractivity contribution is 9.10. The molecule has 1 aromatic carbocycles. The standard InChI is InChI=1S/C13H12BrNO3/c1-7(14)11(16)8(2)15-12(17)9-5-3-4-6-10(9)13(15)18/h3-8H,1-2H3. The van der Waals surface area contributed by atoms with Gasteiger partial charge in [-0.05, 0) is 26.0 Å². The van der Waals surface area contributed by atoms with E-state index in [4.69, 9.17) is 0 Å². The molecule has 0 spiro atoms. The van der Waals surface area contributed by atoms with E-state index < -0.39 is 22.7 Å². The molecule has 5 heteroatoms. The van der Waals surface area contributed by atoms with Crippen molar-refractivity contribution in [3.05, 3.63) is 35.4 Å². The lowest BCUT2D eigenvalue weighted by Crippen LogP contribution is -2.45. The number of rotatable bonds is 3. The SMILES string of the molecule is CC(Br)C(=O)C(C)N1C(=O)c2ccccc2C1=O. The highest BCUT2D eigenvalue weighted by Crippen LogP contribution is 2.25. The van der Waals surface area contributed by atoms with Crippen LogP contribution in [0.25, 0.3) is 0 Å². The van der Waals surface area contributed by atoms with Gasteiger partial charge in [-0.25, -0.2) is 0 Å². The van der Waals surface area contributed by atoms with Gasteiger partial charge in [0.15, 0.2) is 5.78 Å². The van der Waals surface area contributed by atoms with Gasteiger partial charge >= 0.3 is 0 Å². The van der Waals surface area contributed by atoms with Gasteiger partial charge in [-0.1, -0.05) is 28.1 Å². The first-order valence-corrected chi connectivity index (χ1v) is 6.51. The number of nitrogens with zero attached hydrogens (tertiary/aromatic N) is 1. The van der Waals surface area contributed by atoms with Gasteiger partial charge in [-0.3, -0.25) is 19.3 Å². The number of alkyl halides is 1. The third kappa shape index (κ3) is 1.88. The number of ketones is 1. The Kier molecular flexibility index (Phi) is 3.34. The fourth-order valence-electron chi connectivity index (χ4n) is 2.02. The fraction of sp³-hybridized carbons (Fsp3) is 0.308. The van der Waals surface area contributed by atoms with Crippen molar-refractivity contribution in [1.82, 2.24) is 4.90 Å². The van der Waals surface area contributed by atoms with E-state index in [1.807, 2.05) is 0 Å². The average molecular weight is 310 g/mol. The second-order valence-electron chi connectivity index (χ2n) is 4.22. The zero-order chi connectivity index (χ0) is 13.4. The van der Waals surface area contributed by atoms with Crippen LogP contribution in [-0.4, -0.2) is 33.4 Å². The number of fused-ring (bicyclic) bond motifs is 1. The van der Waals surface area contributed by atoms with Crippen molar-refractivity contribution in [2.24, 2.45) is 0 Å². The third-order valence-electron chi connectivity index (χ3n) is 3.02. The van der Waals surface area contributed by atoms with E-state index in [9.17, 15) is 14.4 Å². The summed E-state index contributed by atoms with van der Waals surface area (Å²) in [6.07, 6.45) is 0. The van der Waals surface area contributed by atoms with Gasteiger partial charge in [0, 0.05) is 0 Å². The molecule has 2 unspecified atom stereocenters. The highest BCUT2D eigenvalue weighted by Gasteiger charge is 2.40. The molecule has 0 saturated carbocycles. The number of hydrogen-bond acceptors (Lipinski definition) is 3. The number of hydrogen-bond donors (Lipinski definition) is 0. The van der Waals surface area contributed by atoms with Crippen molar-refractivity contribution in [3.8, 4) is 0 Å². The molecule has 94 valence electrons. The first-order valence-electron chi connectivity index (χ1n) is 5.60. The van der Waals surface area contributed by atoms with Crippen molar-refractivity contribution in [3.63, 3.8) is 0 Å². The molecule has 0 aromatic heterocycles. The second-order valence-corrected chi connectivity index (χ2v) is 5.59. The Bertz CT molecular complexity index is 504. The van der Waals surface area contributed by atoms with Gasteiger partial charge in [-0.15, -0.1) is 0 Å². The van der Waals surface area contributed by atoms with Crippen LogP contribution in [0.4, 0.5) is 0 Å². The van der Waals surface area contributed by atoms with E-state index in [0.29, 0.717) is 11.1 Å². The number of Topliss-reactive ketones (excluding diaryl/α,β-unsaturated/α-hetero) is 1. The summed E-state index contributed by atoms with van der Waals surface area (Å²) in [5.41, 5.74) is 0.730. The Labute approximate surface area is 113 Å². The second kappa shape index (κ2) is 4.65. The number of amides is 2. The van der Waals surface area contributed by atoms with Crippen molar-refractivity contribution < 1.29 is 14.4 Å². The summed E-state index contributed by atoms with van der Waals surface area (Å²) in [6, 6.07) is 5.85. The molecule has 2 rings (SSSR count). The molecule has 1 aromatic rings. The molecule has 0 aliphatic carbocycles. The molecule has 1 heterocycles. The van der Waals surface area contributed by atoms with Gasteiger partial charge in [0.2, 0.25) is 0 Å². The number of benzene rings is 1. The molecule has 1 aliphatic heterocycles. The molecule has 4 nitrogen and oxygen atoms in total. The molecule has 0 N–H and O–H groups in total. The number of carbonyl (C=O) groups is 3. The van der Waals surface area contributed by atoms with E-state index in [-0.39, 0.29) is 5.78 Å². The summed E-state index contributed by atoms with van der Waals surface area (Å²) in [4.78, 5) is 36.7. The predicted octanol–water partition coefficient (Wildman–Crippen LogP) is 2.02. The maximum atomic E-state index is 12.1. The quantitative estimate of drug-likeness (QED) is 0.634. The lowest BCUT2D eigenvalue weighted by atomic mass is 10.1. The van der Waals surface area contributed by atoms with E-state index >= 15 is 0 Å². The minimum atomic E-state index is -0.758. The fourth-order valence-corrected chi connectivity index (χ4v) is 2.40. The first kappa shape index (κ1) is 13.0.